The van der Waals surface area contributed by atoms with Gasteiger partial charge in [-0.1, -0.05) is 18.2 Å². The molecule has 0 radical (unpaired) electrons. The lowest BCUT2D eigenvalue weighted by Crippen LogP contribution is -1.92. The first-order valence-corrected chi connectivity index (χ1v) is 6.87. The maximum Gasteiger partial charge on any atom is 0.100 e. The quantitative estimate of drug-likeness (QED) is 0.749. The van der Waals surface area contributed by atoms with E-state index in [0.29, 0.717) is 5.56 Å². The van der Waals surface area contributed by atoms with Crippen molar-refractivity contribution in [3.63, 3.8) is 0 Å². The van der Waals surface area contributed by atoms with Crippen LogP contribution in [0.4, 0.5) is 11.4 Å². The van der Waals surface area contributed by atoms with E-state index < -0.39 is 0 Å². The van der Waals surface area contributed by atoms with Gasteiger partial charge in [-0.15, -0.1) is 0 Å². The second kappa shape index (κ2) is 5.32. The van der Waals surface area contributed by atoms with Crippen LogP contribution in [0, 0.1) is 11.3 Å². The van der Waals surface area contributed by atoms with Crippen LogP contribution in [-0.2, 0) is 0 Å². The zero-order valence-electron chi connectivity index (χ0n) is 10.5. The molecule has 0 amide bonds. The van der Waals surface area contributed by atoms with Crippen molar-refractivity contribution < 1.29 is 0 Å². The number of nitrogens with one attached hydrogen (secondary N) is 1. The van der Waals surface area contributed by atoms with Gasteiger partial charge in [0.25, 0.3) is 0 Å². The monoisotopic (exact) mass is 323 g/mol. The van der Waals surface area contributed by atoms with Gasteiger partial charge in [0.15, 0.2) is 0 Å². The van der Waals surface area contributed by atoms with Crippen LogP contribution >= 0.6 is 15.9 Å². The molecule has 0 saturated heterocycles. The normalized spacial score (nSPS) is 10.2. The van der Waals surface area contributed by atoms with Crippen molar-refractivity contribution in [2.75, 3.05) is 5.32 Å². The van der Waals surface area contributed by atoms with Gasteiger partial charge in [-0.05, 0) is 46.3 Å². The number of nitrogens with zero attached hydrogens (tertiary/aromatic N) is 2. The Bertz CT molecular complexity index is 821. The Labute approximate surface area is 125 Å². The van der Waals surface area contributed by atoms with E-state index in [9.17, 15) is 0 Å². The maximum absolute atomic E-state index is 8.91. The highest BCUT2D eigenvalue weighted by molar-refractivity contribution is 9.10. The highest BCUT2D eigenvalue weighted by atomic mass is 79.9. The first-order valence-electron chi connectivity index (χ1n) is 6.08. The van der Waals surface area contributed by atoms with Crippen LogP contribution in [0.3, 0.4) is 0 Å². The number of fused-ring (bicyclic) bond motifs is 1. The molecule has 0 unspecified atom stereocenters. The molecule has 0 aliphatic rings. The van der Waals surface area contributed by atoms with Crippen molar-refractivity contribution in [3.8, 4) is 6.07 Å². The molecule has 0 fully saturated rings. The predicted molar refractivity (Wildman–Crippen MR) is 83.9 cm³/mol. The molecular formula is C16H10BrN3. The van der Waals surface area contributed by atoms with Gasteiger partial charge >= 0.3 is 0 Å². The molecular weight excluding hydrogens is 314 g/mol. The first-order chi connectivity index (χ1) is 9.76. The molecule has 0 bridgehead atoms. The fraction of sp³-hybridized carbons (Fsp3) is 0. The molecule has 1 N–H and O–H groups in total. The molecule has 0 spiro atoms. The van der Waals surface area contributed by atoms with Crippen molar-refractivity contribution >= 4 is 38.2 Å². The maximum atomic E-state index is 8.91. The van der Waals surface area contributed by atoms with Crippen LogP contribution < -0.4 is 5.32 Å². The third kappa shape index (κ3) is 2.49. The topological polar surface area (TPSA) is 48.7 Å². The van der Waals surface area contributed by atoms with Gasteiger partial charge in [-0.2, -0.15) is 5.26 Å². The minimum Gasteiger partial charge on any atom is -0.354 e. The third-order valence-corrected chi connectivity index (χ3v) is 3.62. The minimum atomic E-state index is 0.618. The summed E-state index contributed by atoms with van der Waals surface area (Å²) in [5.41, 5.74) is 3.42. The van der Waals surface area contributed by atoms with E-state index in [1.807, 2.05) is 36.4 Å². The van der Waals surface area contributed by atoms with Gasteiger partial charge in [-0.25, -0.2) is 0 Å². The molecule has 1 aromatic heterocycles. The highest BCUT2D eigenvalue weighted by Gasteiger charge is 2.02. The molecule has 0 aliphatic heterocycles. The number of halogens is 1. The second-order valence-electron chi connectivity index (χ2n) is 4.35. The predicted octanol–water partition coefficient (Wildman–Crippen LogP) is 4.61. The molecule has 0 atom stereocenters. The van der Waals surface area contributed by atoms with E-state index in [4.69, 9.17) is 5.26 Å². The van der Waals surface area contributed by atoms with Gasteiger partial charge in [0.2, 0.25) is 0 Å². The Balaban J connectivity index is 1.93. The fourth-order valence-electron chi connectivity index (χ4n) is 1.99. The summed E-state index contributed by atoms with van der Waals surface area (Å²) in [4.78, 5) is 4.41. The molecule has 2 aromatic carbocycles. The summed E-state index contributed by atoms with van der Waals surface area (Å²) in [7, 11) is 0. The number of pyridine rings is 1. The smallest absolute Gasteiger partial charge is 0.100 e. The number of hydrogen-bond donors (Lipinski definition) is 1. The van der Waals surface area contributed by atoms with Crippen molar-refractivity contribution in [3.05, 3.63) is 64.8 Å². The van der Waals surface area contributed by atoms with E-state index in [1.165, 1.54) is 0 Å². The van der Waals surface area contributed by atoms with Crippen LogP contribution in [-0.4, -0.2) is 4.98 Å². The molecule has 96 valence electrons. The molecule has 4 heteroatoms. The van der Waals surface area contributed by atoms with E-state index in [2.05, 4.69) is 38.4 Å². The Hall–Kier alpha value is -2.38. The Morgan fingerprint density at radius 2 is 1.90 bits per heavy atom. The van der Waals surface area contributed by atoms with Gasteiger partial charge in [0, 0.05) is 15.5 Å². The first kappa shape index (κ1) is 12.6. The van der Waals surface area contributed by atoms with Gasteiger partial charge in [0.05, 0.1) is 23.0 Å². The van der Waals surface area contributed by atoms with Crippen LogP contribution in [0.5, 0.6) is 0 Å². The Morgan fingerprint density at radius 1 is 1.05 bits per heavy atom. The molecule has 0 aliphatic carbocycles. The van der Waals surface area contributed by atoms with Crippen LogP contribution in [0.25, 0.3) is 10.9 Å². The van der Waals surface area contributed by atoms with Crippen molar-refractivity contribution in [2.45, 2.75) is 0 Å². The molecule has 3 aromatic rings. The van der Waals surface area contributed by atoms with Gasteiger partial charge < -0.3 is 5.32 Å². The number of hydrogen-bond acceptors (Lipinski definition) is 3. The standard InChI is InChI=1S/C16H10BrN3/c17-15-8-13(6-5-12(15)9-18)20-14-7-11-3-1-2-4-16(11)19-10-14/h1-8,10,20H. The second-order valence-corrected chi connectivity index (χ2v) is 5.20. The highest BCUT2D eigenvalue weighted by Crippen LogP contribution is 2.24. The van der Waals surface area contributed by atoms with Crippen molar-refractivity contribution in [2.24, 2.45) is 0 Å². The number of benzene rings is 2. The molecule has 0 saturated carbocycles. The summed E-state index contributed by atoms with van der Waals surface area (Å²) in [6.45, 7) is 0. The molecule has 3 nitrogen and oxygen atoms in total. The SMILES string of the molecule is N#Cc1ccc(Nc2cnc3ccccc3c2)cc1Br. The molecule has 3 rings (SSSR count). The van der Waals surface area contributed by atoms with Gasteiger partial charge in [0.1, 0.15) is 6.07 Å². The summed E-state index contributed by atoms with van der Waals surface area (Å²) in [5, 5.41) is 13.3. The number of para-hydroxylation sites is 1. The number of anilines is 2. The zero-order valence-corrected chi connectivity index (χ0v) is 12.1. The lowest BCUT2D eigenvalue weighted by atomic mass is 10.2. The number of aromatic nitrogens is 1. The average Bonchev–Trinajstić information content (AvgIpc) is 2.47. The Kier molecular flexibility index (Phi) is 3.36. The van der Waals surface area contributed by atoms with Crippen LogP contribution in [0.1, 0.15) is 5.56 Å². The number of rotatable bonds is 2. The van der Waals surface area contributed by atoms with Crippen LogP contribution in [0.15, 0.2) is 59.2 Å². The third-order valence-electron chi connectivity index (χ3n) is 2.97. The van der Waals surface area contributed by atoms with E-state index >= 15 is 0 Å². The average molecular weight is 324 g/mol. The summed E-state index contributed by atoms with van der Waals surface area (Å²) in [5.74, 6) is 0. The van der Waals surface area contributed by atoms with Crippen molar-refractivity contribution in [1.82, 2.24) is 4.98 Å². The summed E-state index contributed by atoms with van der Waals surface area (Å²) in [6, 6.07) is 17.7. The van der Waals surface area contributed by atoms with E-state index in [0.717, 1.165) is 26.8 Å². The van der Waals surface area contributed by atoms with Crippen molar-refractivity contribution in [1.29, 1.82) is 5.26 Å². The zero-order chi connectivity index (χ0) is 13.9. The largest absolute Gasteiger partial charge is 0.354 e. The minimum absolute atomic E-state index is 0.618. The van der Waals surface area contributed by atoms with Crippen LogP contribution in [0.2, 0.25) is 0 Å². The van der Waals surface area contributed by atoms with E-state index in [1.54, 1.807) is 12.3 Å². The Morgan fingerprint density at radius 3 is 2.70 bits per heavy atom. The van der Waals surface area contributed by atoms with E-state index in [-0.39, 0.29) is 0 Å². The lowest BCUT2D eigenvalue weighted by molar-refractivity contribution is 1.39. The lowest BCUT2D eigenvalue weighted by Gasteiger charge is -2.08. The van der Waals surface area contributed by atoms with Gasteiger partial charge in [-0.3, -0.25) is 4.98 Å². The summed E-state index contributed by atoms with van der Waals surface area (Å²) >= 11 is 3.38. The fourth-order valence-corrected chi connectivity index (χ4v) is 2.46. The summed E-state index contributed by atoms with van der Waals surface area (Å²) in [6.07, 6.45) is 1.80. The molecule has 20 heavy (non-hydrogen) atoms. The summed E-state index contributed by atoms with van der Waals surface area (Å²) < 4.78 is 0.777. The molecule has 1 heterocycles. The number of nitriles is 1.